The fourth-order valence-corrected chi connectivity index (χ4v) is 2.94. The molecule has 0 fully saturated rings. The number of benzene rings is 3. The highest BCUT2D eigenvalue weighted by molar-refractivity contribution is 6.30. The number of hydrogen-bond acceptors (Lipinski definition) is 2. The van der Waals surface area contributed by atoms with Gasteiger partial charge in [-0.15, -0.1) is 0 Å². The first-order chi connectivity index (χ1) is 14.3. The van der Waals surface area contributed by atoms with Crippen molar-refractivity contribution >= 4 is 17.5 Å². The molecule has 30 heavy (non-hydrogen) atoms. The molecule has 1 amide bonds. The third-order valence-electron chi connectivity index (χ3n) is 4.40. The summed E-state index contributed by atoms with van der Waals surface area (Å²) in [5.41, 5.74) is 0.707. The molecule has 0 aliphatic carbocycles. The van der Waals surface area contributed by atoms with Crippen molar-refractivity contribution < 1.29 is 22.7 Å². The van der Waals surface area contributed by atoms with Crippen LogP contribution in [0.5, 0.6) is 5.75 Å². The summed E-state index contributed by atoms with van der Waals surface area (Å²) in [6, 6.07) is 20.7. The zero-order chi connectivity index (χ0) is 21.6. The van der Waals surface area contributed by atoms with E-state index in [2.05, 4.69) is 0 Å². The van der Waals surface area contributed by atoms with Gasteiger partial charge in [0.2, 0.25) is 0 Å². The monoisotopic (exact) mass is 433 g/mol. The van der Waals surface area contributed by atoms with Gasteiger partial charge in [-0.1, -0.05) is 54.1 Å². The van der Waals surface area contributed by atoms with E-state index in [-0.39, 0.29) is 25.6 Å². The number of alkyl halides is 3. The summed E-state index contributed by atoms with van der Waals surface area (Å²) in [5.74, 6) is 0.278. The highest BCUT2D eigenvalue weighted by Gasteiger charge is 2.30. The van der Waals surface area contributed by atoms with Crippen molar-refractivity contribution in [2.75, 3.05) is 6.61 Å². The lowest BCUT2D eigenvalue weighted by atomic mass is 10.1. The highest BCUT2D eigenvalue weighted by Crippen LogP contribution is 2.29. The second-order valence-electron chi connectivity index (χ2n) is 6.67. The van der Waals surface area contributed by atoms with Crippen molar-refractivity contribution in [3.05, 3.63) is 101 Å². The first kappa shape index (κ1) is 21.7. The first-order valence-corrected chi connectivity index (χ1v) is 9.55. The third-order valence-corrected chi connectivity index (χ3v) is 4.65. The molecule has 0 saturated heterocycles. The van der Waals surface area contributed by atoms with Crippen molar-refractivity contribution in [1.82, 2.24) is 4.90 Å². The molecule has 0 unspecified atom stereocenters. The SMILES string of the molecule is O=C(COc1ccccc1)N(Cc1ccc(Cl)cc1)Cc1ccc(C(F)(F)F)cc1. The number of nitrogens with zero attached hydrogens (tertiary/aromatic N) is 1. The van der Waals surface area contributed by atoms with E-state index in [4.69, 9.17) is 16.3 Å². The number of carbonyl (C=O) groups is 1. The van der Waals surface area contributed by atoms with Gasteiger partial charge in [-0.3, -0.25) is 4.79 Å². The summed E-state index contributed by atoms with van der Waals surface area (Å²) in [4.78, 5) is 14.3. The molecule has 3 rings (SSSR count). The standard InChI is InChI=1S/C23H19ClF3NO2/c24-20-12-8-18(9-13-20)15-28(22(29)16-30-21-4-2-1-3-5-21)14-17-6-10-19(11-7-17)23(25,26)27/h1-13H,14-16H2. The Morgan fingerprint density at radius 1 is 0.833 bits per heavy atom. The summed E-state index contributed by atoms with van der Waals surface area (Å²) in [7, 11) is 0. The Balaban J connectivity index is 1.74. The summed E-state index contributed by atoms with van der Waals surface area (Å²) >= 11 is 5.92. The number of carbonyl (C=O) groups excluding carboxylic acids is 1. The minimum absolute atomic E-state index is 0.151. The molecule has 3 aromatic carbocycles. The summed E-state index contributed by atoms with van der Waals surface area (Å²) in [5, 5.41) is 0.576. The summed E-state index contributed by atoms with van der Waals surface area (Å²) < 4.78 is 43.9. The van der Waals surface area contributed by atoms with Crippen molar-refractivity contribution in [2.45, 2.75) is 19.3 Å². The fourth-order valence-electron chi connectivity index (χ4n) is 2.82. The van der Waals surface area contributed by atoms with E-state index in [9.17, 15) is 18.0 Å². The number of ether oxygens (including phenoxy) is 1. The van der Waals surface area contributed by atoms with Gasteiger partial charge < -0.3 is 9.64 Å². The van der Waals surface area contributed by atoms with Crippen molar-refractivity contribution in [3.63, 3.8) is 0 Å². The molecule has 0 bridgehead atoms. The van der Waals surface area contributed by atoms with Gasteiger partial charge in [-0.25, -0.2) is 0 Å². The second kappa shape index (κ2) is 9.67. The summed E-state index contributed by atoms with van der Waals surface area (Å²) in [6.07, 6.45) is -4.40. The molecule has 0 aliphatic rings. The molecule has 156 valence electrons. The quantitative estimate of drug-likeness (QED) is 0.459. The van der Waals surface area contributed by atoms with Crippen LogP contribution in [0.1, 0.15) is 16.7 Å². The van der Waals surface area contributed by atoms with Crippen LogP contribution in [0.15, 0.2) is 78.9 Å². The number of hydrogen-bond donors (Lipinski definition) is 0. The molecule has 0 N–H and O–H groups in total. The van der Waals surface area contributed by atoms with E-state index in [0.29, 0.717) is 16.3 Å². The molecule has 0 aliphatic heterocycles. The maximum Gasteiger partial charge on any atom is 0.416 e. The Morgan fingerprint density at radius 2 is 1.37 bits per heavy atom. The molecule has 7 heteroatoms. The van der Waals surface area contributed by atoms with E-state index in [0.717, 1.165) is 17.7 Å². The van der Waals surface area contributed by atoms with Crippen molar-refractivity contribution in [3.8, 4) is 5.75 Å². The smallest absolute Gasteiger partial charge is 0.416 e. The number of halogens is 4. The highest BCUT2D eigenvalue weighted by atomic mass is 35.5. The minimum Gasteiger partial charge on any atom is -0.484 e. The third kappa shape index (κ3) is 6.26. The maximum absolute atomic E-state index is 12.8. The van der Waals surface area contributed by atoms with Crippen LogP contribution in [0.4, 0.5) is 13.2 Å². The van der Waals surface area contributed by atoms with Gasteiger partial charge in [0.15, 0.2) is 6.61 Å². The lowest BCUT2D eigenvalue weighted by Gasteiger charge is -2.23. The number of amides is 1. The van der Waals surface area contributed by atoms with Crippen LogP contribution in [0, 0.1) is 0 Å². The van der Waals surface area contributed by atoms with Crippen LogP contribution in [0.25, 0.3) is 0 Å². The molecule has 0 atom stereocenters. The molecule has 0 spiro atoms. The first-order valence-electron chi connectivity index (χ1n) is 9.17. The number of para-hydroxylation sites is 1. The molecule has 3 aromatic rings. The summed E-state index contributed by atoms with van der Waals surface area (Å²) in [6.45, 7) is 0.241. The van der Waals surface area contributed by atoms with Crippen LogP contribution in [-0.4, -0.2) is 17.4 Å². The second-order valence-corrected chi connectivity index (χ2v) is 7.11. The minimum atomic E-state index is -4.40. The zero-order valence-corrected chi connectivity index (χ0v) is 16.7. The zero-order valence-electron chi connectivity index (χ0n) is 15.9. The molecule has 0 saturated carbocycles. The Hall–Kier alpha value is -2.99. The normalized spacial score (nSPS) is 11.2. The van der Waals surface area contributed by atoms with E-state index in [1.54, 1.807) is 48.5 Å². The van der Waals surface area contributed by atoms with Gasteiger partial charge in [0.25, 0.3) is 5.91 Å². The molecule has 0 heterocycles. The van der Waals surface area contributed by atoms with E-state index >= 15 is 0 Å². The lowest BCUT2D eigenvalue weighted by molar-refractivity contribution is -0.138. The average molecular weight is 434 g/mol. The van der Waals surface area contributed by atoms with Crippen LogP contribution < -0.4 is 4.74 Å². The van der Waals surface area contributed by atoms with Gasteiger partial charge in [0, 0.05) is 18.1 Å². The van der Waals surface area contributed by atoms with E-state index < -0.39 is 11.7 Å². The predicted molar refractivity (Wildman–Crippen MR) is 109 cm³/mol. The van der Waals surface area contributed by atoms with Gasteiger partial charge in [0.1, 0.15) is 5.75 Å². The Bertz CT molecular complexity index is 958. The molecule has 0 aromatic heterocycles. The van der Waals surface area contributed by atoms with Gasteiger partial charge in [0.05, 0.1) is 5.56 Å². The topological polar surface area (TPSA) is 29.5 Å². The number of rotatable bonds is 7. The molecule has 3 nitrogen and oxygen atoms in total. The molecular formula is C23H19ClF3NO2. The predicted octanol–water partition coefficient (Wildman–Crippen LogP) is 5.97. The fraction of sp³-hybridized carbons (Fsp3) is 0.174. The Labute approximate surface area is 177 Å². The largest absolute Gasteiger partial charge is 0.484 e. The van der Waals surface area contributed by atoms with Gasteiger partial charge >= 0.3 is 6.18 Å². The van der Waals surface area contributed by atoms with Gasteiger partial charge in [-0.05, 0) is 47.5 Å². The lowest BCUT2D eigenvalue weighted by Crippen LogP contribution is -2.34. The molecule has 0 radical (unpaired) electrons. The maximum atomic E-state index is 12.8. The van der Waals surface area contributed by atoms with Crippen LogP contribution in [-0.2, 0) is 24.1 Å². The van der Waals surface area contributed by atoms with E-state index in [1.165, 1.54) is 17.0 Å². The van der Waals surface area contributed by atoms with Crippen LogP contribution in [0.2, 0.25) is 5.02 Å². The van der Waals surface area contributed by atoms with Crippen LogP contribution >= 0.6 is 11.6 Å². The van der Waals surface area contributed by atoms with Crippen molar-refractivity contribution in [1.29, 1.82) is 0 Å². The van der Waals surface area contributed by atoms with Crippen molar-refractivity contribution in [2.24, 2.45) is 0 Å². The van der Waals surface area contributed by atoms with E-state index in [1.807, 2.05) is 6.07 Å². The molecular weight excluding hydrogens is 415 g/mol. The van der Waals surface area contributed by atoms with Crippen LogP contribution in [0.3, 0.4) is 0 Å². The average Bonchev–Trinajstić information content (AvgIpc) is 2.73. The van der Waals surface area contributed by atoms with Gasteiger partial charge in [-0.2, -0.15) is 13.2 Å². The Kier molecular flexibility index (Phi) is 7.00. The Morgan fingerprint density at radius 3 is 1.90 bits per heavy atom.